The van der Waals surface area contributed by atoms with E-state index in [1.54, 1.807) is 23.1 Å². The highest BCUT2D eigenvalue weighted by Crippen LogP contribution is 2.49. The molecular weight excluding hydrogens is 625 g/mol. The Morgan fingerprint density at radius 1 is 1.00 bits per heavy atom. The SMILES string of the molecule is C=CC(=O)N1CCN(c2nc(=O)n(-c3c(C4CC4)nc(N4CC(N(C)C)C4)nc3C3CC3)c3nc(-c4ccccc4F)c(O)cc23)[C@@H](C)C1. The molecule has 254 valence electrons. The predicted molar refractivity (Wildman–Crippen MR) is 185 cm³/mol. The average molecular weight is 666 g/mol. The summed E-state index contributed by atoms with van der Waals surface area (Å²) in [5, 5.41) is 11.8. The van der Waals surface area contributed by atoms with E-state index < -0.39 is 11.5 Å². The Balaban J connectivity index is 1.35. The number of fused-ring (bicyclic) bond motifs is 1. The minimum Gasteiger partial charge on any atom is -0.506 e. The monoisotopic (exact) mass is 665 g/mol. The molecule has 5 heterocycles. The van der Waals surface area contributed by atoms with Crippen molar-refractivity contribution in [2.45, 2.75) is 56.5 Å². The minimum atomic E-state index is -0.547. The summed E-state index contributed by atoms with van der Waals surface area (Å²) in [5.41, 5.74) is 2.08. The van der Waals surface area contributed by atoms with Crippen molar-refractivity contribution in [2.75, 3.05) is 56.6 Å². The second-order valence-electron chi connectivity index (χ2n) is 14.0. The molecule has 0 spiro atoms. The fraction of sp³-hybridized carbons (Fsp3) is 0.444. The van der Waals surface area contributed by atoms with Crippen LogP contribution >= 0.6 is 0 Å². The molecule has 4 aliphatic rings. The fourth-order valence-corrected chi connectivity index (χ4v) is 7.07. The van der Waals surface area contributed by atoms with Crippen LogP contribution < -0.4 is 15.5 Å². The lowest BCUT2D eigenvalue weighted by Gasteiger charge is -2.43. The molecule has 8 rings (SSSR count). The summed E-state index contributed by atoms with van der Waals surface area (Å²) in [6.07, 6.45) is 5.10. The number of aromatic hydroxyl groups is 1. The highest BCUT2D eigenvalue weighted by Gasteiger charge is 2.40. The number of pyridine rings is 1. The number of anilines is 2. The van der Waals surface area contributed by atoms with Crippen LogP contribution in [0.3, 0.4) is 0 Å². The number of carbonyl (C=O) groups excluding carboxylic acids is 1. The number of amides is 1. The third-order valence-corrected chi connectivity index (χ3v) is 10.3. The van der Waals surface area contributed by atoms with Crippen molar-refractivity contribution in [1.82, 2.24) is 34.3 Å². The lowest BCUT2D eigenvalue weighted by Crippen LogP contribution is -2.58. The normalized spacial score (nSPS) is 19.9. The molecule has 13 heteroatoms. The number of hydrogen-bond donors (Lipinski definition) is 1. The Labute approximate surface area is 283 Å². The zero-order valence-electron chi connectivity index (χ0n) is 28.0. The zero-order chi connectivity index (χ0) is 34.1. The van der Waals surface area contributed by atoms with Crippen LogP contribution in [0.4, 0.5) is 16.2 Å². The van der Waals surface area contributed by atoms with Crippen molar-refractivity contribution in [3.63, 3.8) is 0 Å². The smallest absolute Gasteiger partial charge is 0.355 e. The van der Waals surface area contributed by atoms with Crippen molar-refractivity contribution >= 4 is 28.7 Å². The Morgan fingerprint density at radius 2 is 1.67 bits per heavy atom. The van der Waals surface area contributed by atoms with E-state index in [0.717, 1.165) is 50.2 Å². The zero-order valence-corrected chi connectivity index (χ0v) is 28.0. The van der Waals surface area contributed by atoms with Crippen molar-refractivity contribution in [3.8, 4) is 22.7 Å². The lowest BCUT2D eigenvalue weighted by atomic mass is 10.1. The number of aromatic nitrogens is 5. The molecule has 49 heavy (non-hydrogen) atoms. The number of piperazine rings is 1. The predicted octanol–water partition coefficient (Wildman–Crippen LogP) is 3.81. The third kappa shape index (κ3) is 5.49. The number of halogens is 1. The number of nitrogens with zero attached hydrogens (tertiary/aromatic N) is 9. The van der Waals surface area contributed by atoms with Gasteiger partial charge in [-0.3, -0.25) is 4.79 Å². The molecule has 12 nitrogen and oxygen atoms in total. The lowest BCUT2D eigenvalue weighted by molar-refractivity contribution is -0.126. The average Bonchev–Trinajstić information content (AvgIpc) is 3.98. The summed E-state index contributed by atoms with van der Waals surface area (Å²) < 4.78 is 16.7. The van der Waals surface area contributed by atoms with Gasteiger partial charge in [-0.2, -0.15) is 4.98 Å². The first-order valence-corrected chi connectivity index (χ1v) is 17.1. The van der Waals surface area contributed by atoms with E-state index in [0.29, 0.717) is 48.5 Å². The molecule has 2 aliphatic carbocycles. The van der Waals surface area contributed by atoms with Gasteiger partial charge in [0, 0.05) is 62.2 Å². The molecule has 4 fully saturated rings. The summed E-state index contributed by atoms with van der Waals surface area (Å²) >= 11 is 0. The molecule has 1 atom stereocenters. The van der Waals surface area contributed by atoms with Gasteiger partial charge < -0.3 is 24.7 Å². The number of rotatable bonds is 8. The summed E-state index contributed by atoms with van der Waals surface area (Å²) in [7, 11) is 4.15. The summed E-state index contributed by atoms with van der Waals surface area (Å²) in [6.45, 7) is 8.46. The molecule has 2 aliphatic heterocycles. The van der Waals surface area contributed by atoms with E-state index in [-0.39, 0.29) is 46.4 Å². The van der Waals surface area contributed by atoms with Gasteiger partial charge in [0.2, 0.25) is 11.9 Å². The summed E-state index contributed by atoms with van der Waals surface area (Å²) in [4.78, 5) is 54.8. The Morgan fingerprint density at radius 3 is 2.27 bits per heavy atom. The number of likely N-dealkylation sites (N-methyl/N-ethyl adjacent to an activating group) is 1. The highest BCUT2D eigenvalue weighted by atomic mass is 19.1. The van der Waals surface area contributed by atoms with Gasteiger partial charge in [-0.05, 0) is 71.0 Å². The van der Waals surface area contributed by atoms with E-state index in [1.807, 2.05) is 11.8 Å². The van der Waals surface area contributed by atoms with Crippen molar-refractivity contribution in [3.05, 3.63) is 70.7 Å². The van der Waals surface area contributed by atoms with Crippen LogP contribution in [-0.2, 0) is 4.79 Å². The maximum atomic E-state index is 15.2. The molecule has 0 unspecified atom stereocenters. The Hall–Kier alpha value is -4.91. The van der Waals surface area contributed by atoms with Gasteiger partial charge in [-0.25, -0.2) is 28.7 Å². The van der Waals surface area contributed by atoms with E-state index in [1.165, 1.54) is 22.8 Å². The van der Waals surface area contributed by atoms with Gasteiger partial charge in [-0.15, -0.1) is 0 Å². The molecule has 4 aromatic rings. The fourth-order valence-electron chi connectivity index (χ4n) is 7.07. The number of benzene rings is 1. The van der Waals surface area contributed by atoms with E-state index >= 15 is 4.39 Å². The van der Waals surface area contributed by atoms with E-state index in [9.17, 15) is 14.7 Å². The number of hydrogen-bond acceptors (Lipinski definition) is 10. The van der Waals surface area contributed by atoms with Crippen LogP contribution in [0.2, 0.25) is 0 Å². The number of carbonyl (C=O) groups is 1. The van der Waals surface area contributed by atoms with Crippen molar-refractivity contribution in [2.24, 2.45) is 0 Å². The van der Waals surface area contributed by atoms with Crippen molar-refractivity contribution < 1.29 is 14.3 Å². The molecule has 2 saturated heterocycles. The molecule has 0 bridgehead atoms. The van der Waals surface area contributed by atoms with Crippen LogP contribution in [0.1, 0.15) is 55.8 Å². The van der Waals surface area contributed by atoms with Gasteiger partial charge >= 0.3 is 5.69 Å². The Kier molecular flexibility index (Phi) is 7.62. The summed E-state index contributed by atoms with van der Waals surface area (Å²) in [5.74, 6) is 0.439. The van der Waals surface area contributed by atoms with Crippen LogP contribution in [-0.4, -0.2) is 104 Å². The molecule has 3 aromatic heterocycles. The van der Waals surface area contributed by atoms with E-state index in [2.05, 4.69) is 35.5 Å². The van der Waals surface area contributed by atoms with Gasteiger partial charge in [0.15, 0.2) is 5.65 Å². The molecule has 1 N–H and O–H groups in total. The van der Waals surface area contributed by atoms with E-state index in [4.69, 9.17) is 15.0 Å². The quantitative estimate of drug-likeness (QED) is 0.278. The molecule has 1 aromatic carbocycles. The second kappa shape index (κ2) is 11.9. The van der Waals surface area contributed by atoms with Crippen molar-refractivity contribution in [1.29, 1.82) is 0 Å². The topological polar surface area (TPSA) is 124 Å². The summed E-state index contributed by atoms with van der Waals surface area (Å²) in [6, 6.07) is 7.88. The maximum Gasteiger partial charge on any atom is 0.355 e. The van der Waals surface area contributed by atoms with Gasteiger partial charge in [0.05, 0.1) is 22.5 Å². The molecule has 0 radical (unpaired) electrons. The largest absolute Gasteiger partial charge is 0.506 e. The van der Waals surface area contributed by atoms with Crippen LogP contribution in [0, 0.1) is 5.82 Å². The third-order valence-electron chi connectivity index (χ3n) is 10.3. The highest BCUT2D eigenvalue weighted by molar-refractivity contribution is 5.93. The first-order chi connectivity index (χ1) is 23.6. The van der Waals surface area contributed by atoms with Crippen LogP contribution in [0.5, 0.6) is 5.75 Å². The first kappa shape index (κ1) is 31.4. The van der Waals surface area contributed by atoms with Gasteiger partial charge in [0.1, 0.15) is 23.1 Å². The second-order valence-corrected chi connectivity index (χ2v) is 14.0. The Bertz CT molecular complexity index is 2020. The molecule has 1 amide bonds. The van der Waals surface area contributed by atoms with Gasteiger partial charge in [0.25, 0.3) is 0 Å². The maximum absolute atomic E-state index is 15.2. The molecular formula is C36H40FN9O3. The standard InChI is InChI=1S/C36H40FN9O3/c1-5-28(48)43-14-15-45(20(2)17-43)33-25-16-27(47)31(24-8-6-7-9-26(24)37)38-34(25)46(36(49)41-33)32-29(21-10-11-21)39-35(40-30(32)22-12-13-22)44-18-23(19-44)42(3)4/h5-9,16,20-23,47H,1,10-15,17-19H2,2-4H3/t20-/m0/s1. The van der Waals surface area contributed by atoms with Crippen LogP contribution in [0.15, 0.2) is 47.8 Å². The van der Waals surface area contributed by atoms with Gasteiger partial charge in [-0.1, -0.05) is 18.7 Å². The van der Waals surface area contributed by atoms with Crippen LogP contribution in [0.25, 0.3) is 28.0 Å². The molecule has 2 saturated carbocycles. The minimum absolute atomic E-state index is 0.0270. The first-order valence-electron chi connectivity index (χ1n) is 17.1.